The molecule has 1 atom stereocenters. The van der Waals surface area contributed by atoms with Crippen molar-refractivity contribution >= 4 is 12.4 Å². The van der Waals surface area contributed by atoms with E-state index in [-0.39, 0.29) is 0 Å². The van der Waals surface area contributed by atoms with Crippen LogP contribution in [0.25, 0.3) is 6.08 Å². The molecule has 0 bridgehead atoms. The lowest BCUT2D eigenvalue weighted by molar-refractivity contribution is -0.107. The van der Waals surface area contributed by atoms with Crippen LogP contribution in [0.2, 0.25) is 0 Å². The highest BCUT2D eigenvalue weighted by molar-refractivity contribution is 5.64. The van der Waals surface area contributed by atoms with Gasteiger partial charge in [0, 0.05) is 12.3 Å². The summed E-state index contributed by atoms with van der Waals surface area (Å²) in [4.78, 5) is 9.17. The van der Waals surface area contributed by atoms with E-state index in [1.54, 1.807) is 0 Å². The Morgan fingerprint density at radius 1 is 1.28 bits per heavy atom. The van der Waals surface area contributed by atoms with Crippen molar-refractivity contribution < 1.29 is 4.79 Å². The number of hydrogen-bond donors (Lipinski definition) is 0. The first-order valence-corrected chi connectivity index (χ1v) is 6.43. The van der Waals surface area contributed by atoms with Gasteiger partial charge in [0.15, 0.2) is 0 Å². The predicted octanol–water partition coefficient (Wildman–Crippen LogP) is 3.96. The van der Waals surface area contributed by atoms with Gasteiger partial charge in [-0.3, -0.25) is 0 Å². The van der Waals surface area contributed by atoms with Crippen molar-refractivity contribution in [2.24, 2.45) is 5.92 Å². The maximum absolute atomic E-state index is 9.17. The van der Waals surface area contributed by atoms with Gasteiger partial charge in [-0.1, -0.05) is 61.6 Å². The van der Waals surface area contributed by atoms with Crippen molar-refractivity contribution in [2.75, 3.05) is 0 Å². The average molecular weight is 238 g/mol. The molecule has 92 valence electrons. The lowest BCUT2D eigenvalue weighted by Crippen LogP contribution is -2.11. The number of aldehydes is 1. The molecule has 2 aliphatic rings. The smallest absolute Gasteiger partial charge is 0.119 e. The lowest BCUT2D eigenvalue weighted by Gasteiger charge is -2.23. The molecule has 2 aliphatic carbocycles. The number of carbonyl (C=O) groups excluding carboxylic acids is 1. The average Bonchev–Trinajstić information content (AvgIpc) is 2.45. The van der Waals surface area contributed by atoms with Gasteiger partial charge in [0.1, 0.15) is 6.29 Å². The fourth-order valence-electron chi connectivity index (χ4n) is 2.22. The molecular weight excluding hydrogens is 220 g/mol. The second kappa shape index (κ2) is 6.15. The second-order valence-electron chi connectivity index (χ2n) is 4.47. The van der Waals surface area contributed by atoms with Gasteiger partial charge in [-0.2, -0.15) is 0 Å². The van der Waals surface area contributed by atoms with Gasteiger partial charge >= 0.3 is 0 Å². The van der Waals surface area contributed by atoms with Crippen LogP contribution in [0.5, 0.6) is 0 Å². The van der Waals surface area contributed by atoms with Gasteiger partial charge in [-0.15, -0.1) is 0 Å². The minimum atomic E-state index is 0.606. The monoisotopic (exact) mass is 238 g/mol. The van der Waals surface area contributed by atoms with Gasteiger partial charge < -0.3 is 4.79 Å². The fourth-order valence-corrected chi connectivity index (χ4v) is 2.22. The summed E-state index contributed by atoms with van der Waals surface area (Å²) in [6.07, 6.45) is 13.8. The van der Waals surface area contributed by atoms with E-state index in [1.165, 1.54) is 16.7 Å². The topological polar surface area (TPSA) is 17.1 Å². The quantitative estimate of drug-likeness (QED) is 0.677. The summed E-state index contributed by atoms with van der Waals surface area (Å²) in [5.41, 5.74) is 4.31. The van der Waals surface area contributed by atoms with E-state index >= 15 is 0 Å². The van der Waals surface area contributed by atoms with Crippen LogP contribution >= 0.6 is 0 Å². The van der Waals surface area contributed by atoms with E-state index in [0.717, 1.165) is 12.7 Å². The second-order valence-corrected chi connectivity index (χ2v) is 4.47. The molecule has 0 aromatic heterocycles. The molecule has 0 amide bonds. The van der Waals surface area contributed by atoms with E-state index < -0.39 is 0 Å². The predicted molar refractivity (Wildman–Crippen MR) is 76.2 cm³/mol. The molecule has 0 saturated heterocycles. The molecule has 3 rings (SSSR count). The number of hydrogen-bond acceptors (Lipinski definition) is 1. The highest BCUT2D eigenvalue weighted by Gasteiger charge is 2.17. The van der Waals surface area contributed by atoms with Crippen LogP contribution in [0.1, 0.15) is 24.5 Å². The van der Waals surface area contributed by atoms with Gasteiger partial charge in [0.2, 0.25) is 0 Å². The molecule has 0 aliphatic heterocycles. The number of benzene rings is 1. The van der Waals surface area contributed by atoms with Crippen LogP contribution < -0.4 is 0 Å². The number of carbonyl (C=O) groups is 1. The summed E-state index contributed by atoms with van der Waals surface area (Å²) in [5.74, 6) is 0.606. The van der Waals surface area contributed by atoms with Crippen molar-refractivity contribution in [3.05, 3.63) is 65.3 Å². The highest BCUT2D eigenvalue weighted by atomic mass is 16.1. The van der Waals surface area contributed by atoms with Crippen molar-refractivity contribution in [3.8, 4) is 0 Å². The number of allylic oxidation sites excluding steroid dienone is 5. The largest absolute Gasteiger partial charge is 0.303 e. The summed E-state index contributed by atoms with van der Waals surface area (Å²) in [6.45, 7) is 1.81. The Hall–Kier alpha value is -1.89. The van der Waals surface area contributed by atoms with E-state index in [1.807, 2.05) is 6.92 Å². The maximum atomic E-state index is 9.17. The minimum Gasteiger partial charge on any atom is -0.303 e. The molecule has 1 aromatic rings. The van der Waals surface area contributed by atoms with Crippen LogP contribution in [-0.4, -0.2) is 6.29 Å². The molecule has 1 heteroatoms. The number of rotatable bonds is 1. The lowest BCUT2D eigenvalue weighted by atomic mass is 9.81. The van der Waals surface area contributed by atoms with Crippen molar-refractivity contribution in [1.82, 2.24) is 0 Å². The van der Waals surface area contributed by atoms with Crippen LogP contribution in [0.4, 0.5) is 0 Å². The van der Waals surface area contributed by atoms with E-state index in [2.05, 4.69) is 54.6 Å². The van der Waals surface area contributed by atoms with Crippen molar-refractivity contribution in [3.63, 3.8) is 0 Å². The Morgan fingerprint density at radius 2 is 2.06 bits per heavy atom. The molecule has 1 nitrogen and oxygen atoms in total. The van der Waals surface area contributed by atoms with E-state index in [4.69, 9.17) is 0 Å². The standard InChI is InChI=1S/C14H12.C3H6O/c1-2-6-12-10-14-8-4-3-7-13(14)9-11(12)5-1;1-2-3-4/h1-9,12H,10H2;3H,2H2,1H3. The third-order valence-electron chi connectivity index (χ3n) is 3.16. The molecule has 0 radical (unpaired) electrons. The summed E-state index contributed by atoms with van der Waals surface area (Å²) in [7, 11) is 0. The highest BCUT2D eigenvalue weighted by Crippen LogP contribution is 2.31. The molecule has 1 aromatic carbocycles. The first-order valence-electron chi connectivity index (χ1n) is 6.43. The van der Waals surface area contributed by atoms with E-state index in [9.17, 15) is 4.79 Å². The molecule has 0 N–H and O–H groups in total. The molecule has 1 unspecified atom stereocenters. The molecule has 0 fully saturated rings. The Morgan fingerprint density at radius 3 is 2.83 bits per heavy atom. The molecule has 18 heavy (non-hydrogen) atoms. The Labute approximate surface area is 109 Å². The number of fused-ring (bicyclic) bond motifs is 2. The first-order chi connectivity index (χ1) is 8.85. The third kappa shape index (κ3) is 2.86. The minimum absolute atomic E-state index is 0.606. The summed E-state index contributed by atoms with van der Waals surface area (Å²) in [5, 5.41) is 0. The molecule has 0 heterocycles. The zero-order valence-corrected chi connectivity index (χ0v) is 10.7. The zero-order valence-electron chi connectivity index (χ0n) is 10.7. The molecular formula is C17H18O. The van der Waals surface area contributed by atoms with Crippen LogP contribution in [-0.2, 0) is 11.2 Å². The normalized spacial score (nSPS) is 18.9. The maximum Gasteiger partial charge on any atom is 0.119 e. The van der Waals surface area contributed by atoms with Gasteiger partial charge in [0.05, 0.1) is 0 Å². The SMILES string of the molecule is C1=CC2=Cc3ccccc3CC2C=C1.CCC=O. The Kier molecular flexibility index (Phi) is 4.30. The summed E-state index contributed by atoms with van der Waals surface area (Å²) >= 11 is 0. The first kappa shape index (κ1) is 12.6. The van der Waals surface area contributed by atoms with Crippen molar-refractivity contribution in [1.29, 1.82) is 0 Å². The van der Waals surface area contributed by atoms with E-state index in [0.29, 0.717) is 12.3 Å². The van der Waals surface area contributed by atoms with Crippen molar-refractivity contribution in [2.45, 2.75) is 19.8 Å². The van der Waals surface area contributed by atoms with Crippen LogP contribution in [0.3, 0.4) is 0 Å². The third-order valence-corrected chi connectivity index (χ3v) is 3.16. The van der Waals surface area contributed by atoms with Crippen LogP contribution in [0, 0.1) is 5.92 Å². The van der Waals surface area contributed by atoms with Gasteiger partial charge in [-0.25, -0.2) is 0 Å². The summed E-state index contributed by atoms with van der Waals surface area (Å²) in [6, 6.07) is 8.66. The Bertz CT molecular complexity index is 506. The van der Waals surface area contributed by atoms with Gasteiger partial charge in [0.25, 0.3) is 0 Å². The zero-order chi connectivity index (χ0) is 12.8. The van der Waals surface area contributed by atoms with Crippen LogP contribution in [0.15, 0.2) is 54.1 Å². The summed E-state index contributed by atoms with van der Waals surface area (Å²) < 4.78 is 0. The Balaban J connectivity index is 0.000000267. The fraction of sp³-hybridized carbons (Fsp3) is 0.235. The molecule has 0 spiro atoms. The molecule has 0 saturated carbocycles. The van der Waals surface area contributed by atoms with Gasteiger partial charge in [-0.05, 0) is 23.1 Å².